The van der Waals surface area contributed by atoms with E-state index in [0.717, 1.165) is 27.8 Å². The Kier molecular flexibility index (Phi) is 6.27. The van der Waals surface area contributed by atoms with Crippen LogP contribution in [0, 0.1) is 12.8 Å². The maximum Gasteiger partial charge on any atom is 0.295 e. The lowest BCUT2D eigenvalue weighted by Crippen LogP contribution is -2.30. The molecule has 1 fully saturated rings. The van der Waals surface area contributed by atoms with E-state index in [1.807, 2.05) is 44.3 Å². The lowest BCUT2D eigenvalue weighted by Gasteiger charge is -2.24. The van der Waals surface area contributed by atoms with E-state index >= 15 is 0 Å². The number of aryl methyl sites for hydroxylation is 1. The second-order valence-corrected chi connectivity index (χ2v) is 8.97. The molecule has 0 saturated carbocycles. The maximum atomic E-state index is 13.1. The van der Waals surface area contributed by atoms with Gasteiger partial charge in [-0.05, 0) is 49.1 Å². The molecule has 1 aromatic heterocycles. The Morgan fingerprint density at radius 3 is 2.64 bits per heavy atom. The van der Waals surface area contributed by atoms with E-state index in [0.29, 0.717) is 31.1 Å². The molecule has 1 atom stereocenters. The third-order valence-electron chi connectivity index (χ3n) is 5.94. The Labute approximate surface area is 193 Å². The van der Waals surface area contributed by atoms with Gasteiger partial charge in [-0.3, -0.25) is 9.59 Å². The monoisotopic (exact) mass is 446 g/mol. The van der Waals surface area contributed by atoms with E-state index < -0.39 is 17.7 Å². The minimum atomic E-state index is -0.658. The quantitative estimate of drug-likeness (QED) is 0.291. The predicted molar refractivity (Wildman–Crippen MR) is 129 cm³/mol. The van der Waals surface area contributed by atoms with E-state index in [-0.39, 0.29) is 11.3 Å². The number of ketones is 1. The maximum absolute atomic E-state index is 13.1. The number of aromatic nitrogens is 1. The Morgan fingerprint density at radius 1 is 1.18 bits per heavy atom. The van der Waals surface area contributed by atoms with E-state index in [1.165, 1.54) is 0 Å². The number of rotatable bonds is 7. The summed E-state index contributed by atoms with van der Waals surface area (Å²) >= 11 is 0. The molecule has 6 heteroatoms. The normalized spacial score (nSPS) is 18.0. The van der Waals surface area contributed by atoms with Crippen LogP contribution in [0.15, 0.2) is 54.2 Å². The number of nitrogens with zero attached hydrogens (tertiary/aromatic N) is 1. The minimum Gasteiger partial charge on any atom is -0.507 e. The summed E-state index contributed by atoms with van der Waals surface area (Å²) in [6.07, 6.45) is 2.53. The van der Waals surface area contributed by atoms with Crippen LogP contribution >= 0.6 is 0 Å². The van der Waals surface area contributed by atoms with Gasteiger partial charge in [-0.1, -0.05) is 39.0 Å². The first-order chi connectivity index (χ1) is 15.8. The average Bonchev–Trinajstić information content (AvgIpc) is 3.32. The highest BCUT2D eigenvalue weighted by Crippen LogP contribution is 2.42. The topological polar surface area (TPSA) is 82.6 Å². The number of carbonyl (C=O) groups excluding carboxylic acids is 2. The zero-order chi connectivity index (χ0) is 23.7. The lowest BCUT2D eigenvalue weighted by molar-refractivity contribution is -0.139. The van der Waals surface area contributed by atoms with Gasteiger partial charge in [0.25, 0.3) is 11.7 Å². The number of amides is 1. The summed E-state index contributed by atoms with van der Waals surface area (Å²) in [5.74, 6) is -0.278. The van der Waals surface area contributed by atoms with Crippen LogP contribution in [0.25, 0.3) is 16.7 Å². The number of aliphatic hydroxyl groups excluding tert-OH is 1. The van der Waals surface area contributed by atoms with Crippen LogP contribution in [0.4, 0.5) is 0 Å². The van der Waals surface area contributed by atoms with Crippen LogP contribution in [0.1, 0.15) is 49.9 Å². The zero-order valence-electron chi connectivity index (χ0n) is 19.5. The van der Waals surface area contributed by atoms with Crippen LogP contribution in [-0.2, 0) is 9.59 Å². The molecule has 4 rings (SSSR count). The molecule has 2 N–H and O–H groups in total. The standard InChI is InChI=1S/C27H30N2O4/c1-5-12-29-24(20-14-28-21-9-7-6-8-19(20)21)23(26(31)27(29)32)25(30)18-10-11-22(17(4)13-18)33-15-16(2)3/h6-11,13-14,16,24,28,30H,5,12,15H2,1-4H3/b25-23+. The van der Waals surface area contributed by atoms with Crippen molar-refractivity contribution < 1.29 is 19.4 Å². The number of carbonyl (C=O) groups is 2. The van der Waals surface area contributed by atoms with Crippen molar-refractivity contribution in [3.8, 4) is 5.75 Å². The van der Waals surface area contributed by atoms with Crippen molar-refractivity contribution in [3.63, 3.8) is 0 Å². The molecule has 2 aromatic carbocycles. The number of nitrogens with one attached hydrogen (secondary N) is 1. The molecule has 6 nitrogen and oxygen atoms in total. The summed E-state index contributed by atoms with van der Waals surface area (Å²) in [5.41, 5.74) is 3.17. The van der Waals surface area contributed by atoms with E-state index in [2.05, 4.69) is 18.8 Å². The molecule has 1 amide bonds. The van der Waals surface area contributed by atoms with Crippen molar-refractivity contribution in [1.29, 1.82) is 0 Å². The Hall–Kier alpha value is -3.54. The molecule has 1 aliphatic rings. The molecule has 0 aliphatic carbocycles. The number of likely N-dealkylation sites (tertiary alicyclic amines) is 1. The highest BCUT2D eigenvalue weighted by molar-refractivity contribution is 6.46. The fourth-order valence-corrected chi connectivity index (χ4v) is 4.37. The molecule has 1 unspecified atom stereocenters. The van der Waals surface area contributed by atoms with E-state index in [4.69, 9.17) is 4.74 Å². The number of fused-ring (bicyclic) bond motifs is 1. The van der Waals surface area contributed by atoms with E-state index in [1.54, 1.807) is 23.1 Å². The van der Waals surface area contributed by atoms with Gasteiger partial charge in [-0.25, -0.2) is 0 Å². The van der Waals surface area contributed by atoms with Crippen molar-refractivity contribution >= 4 is 28.4 Å². The first-order valence-corrected chi connectivity index (χ1v) is 11.4. The Balaban J connectivity index is 1.83. The number of H-pyrrole nitrogens is 1. The van der Waals surface area contributed by atoms with Gasteiger partial charge in [0.2, 0.25) is 0 Å². The predicted octanol–water partition coefficient (Wildman–Crippen LogP) is 5.34. The number of para-hydroxylation sites is 1. The summed E-state index contributed by atoms with van der Waals surface area (Å²) in [4.78, 5) is 30.9. The second-order valence-electron chi connectivity index (χ2n) is 8.97. The van der Waals surface area contributed by atoms with Crippen molar-refractivity contribution in [3.05, 3.63) is 70.9 Å². The Bertz CT molecular complexity index is 1240. The molecule has 2 heterocycles. The van der Waals surface area contributed by atoms with Crippen molar-refractivity contribution in [2.24, 2.45) is 5.92 Å². The van der Waals surface area contributed by atoms with Gasteiger partial charge >= 0.3 is 0 Å². The van der Waals surface area contributed by atoms with Gasteiger partial charge < -0.3 is 19.7 Å². The van der Waals surface area contributed by atoms with E-state index in [9.17, 15) is 14.7 Å². The van der Waals surface area contributed by atoms with Gasteiger partial charge in [-0.15, -0.1) is 0 Å². The number of ether oxygens (including phenoxy) is 1. The largest absolute Gasteiger partial charge is 0.507 e. The van der Waals surface area contributed by atoms with Crippen molar-refractivity contribution in [1.82, 2.24) is 9.88 Å². The third kappa shape index (κ3) is 4.13. The highest BCUT2D eigenvalue weighted by Gasteiger charge is 2.46. The average molecular weight is 447 g/mol. The van der Waals surface area contributed by atoms with Gasteiger partial charge in [0, 0.05) is 34.8 Å². The van der Waals surface area contributed by atoms with Crippen molar-refractivity contribution in [2.75, 3.05) is 13.2 Å². The molecular weight excluding hydrogens is 416 g/mol. The third-order valence-corrected chi connectivity index (χ3v) is 5.94. The van der Waals surface area contributed by atoms with Crippen LogP contribution < -0.4 is 4.74 Å². The molecule has 33 heavy (non-hydrogen) atoms. The molecule has 0 radical (unpaired) electrons. The molecule has 1 aliphatic heterocycles. The first kappa shape index (κ1) is 22.6. The summed E-state index contributed by atoms with van der Waals surface area (Å²) in [6.45, 7) is 9.04. The highest BCUT2D eigenvalue weighted by atomic mass is 16.5. The van der Waals surface area contributed by atoms with Crippen LogP contribution in [-0.4, -0.2) is 39.8 Å². The number of aromatic amines is 1. The second kappa shape index (κ2) is 9.14. The van der Waals surface area contributed by atoms with Gasteiger partial charge in [-0.2, -0.15) is 0 Å². The number of hydrogen-bond acceptors (Lipinski definition) is 4. The molecule has 3 aromatic rings. The van der Waals surface area contributed by atoms with Crippen LogP contribution in [0.5, 0.6) is 5.75 Å². The Morgan fingerprint density at radius 2 is 1.94 bits per heavy atom. The molecule has 1 saturated heterocycles. The van der Waals surface area contributed by atoms with Crippen LogP contribution in [0.3, 0.4) is 0 Å². The summed E-state index contributed by atoms with van der Waals surface area (Å²) in [7, 11) is 0. The first-order valence-electron chi connectivity index (χ1n) is 11.4. The van der Waals surface area contributed by atoms with Gasteiger partial charge in [0.15, 0.2) is 0 Å². The molecule has 0 bridgehead atoms. The molecule has 0 spiro atoms. The van der Waals surface area contributed by atoms with Gasteiger partial charge in [0.1, 0.15) is 11.5 Å². The fourth-order valence-electron chi connectivity index (χ4n) is 4.37. The number of benzene rings is 2. The summed E-state index contributed by atoms with van der Waals surface area (Å²) in [6, 6.07) is 12.4. The SMILES string of the molecule is CCCN1C(=O)C(=O)/C(=C(/O)c2ccc(OCC(C)C)c(C)c2)C1c1c[nH]c2ccccc12. The smallest absolute Gasteiger partial charge is 0.295 e. The molecular formula is C27H30N2O4. The summed E-state index contributed by atoms with van der Waals surface area (Å²) in [5, 5.41) is 12.2. The summed E-state index contributed by atoms with van der Waals surface area (Å²) < 4.78 is 5.84. The molecule has 172 valence electrons. The van der Waals surface area contributed by atoms with Crippen molar-refractivity contribution in [2.45, 2.75) is 40.2 Å². The zero-order valence-corrected chi connectivity index (χ0v) is 19.5. The number of hydrogen-bond donors (Lipinski definition) is 2. The number of Topliss-reactive ketones (excluding diaryl/α,β-unsaturated/α-hetero) is 1. The minimum absolute atomic E-state index is 0.119. The fraction of sp³-hybridized carbons (Fsp3) is 0.333. The lowest BCUT2D eigenvalue weighted by atomic mass is 9.94. The van der Waals surface area contributed by atoms with Gasteiger partial charge in [0.05, 0.1) is 18.2 Å². The number of aliphatic hydroxyl groups is 1. The van der Waals surface area contributed by atoms with Crippen LogP contribution in [0.2, 0.25) is 0 Å².